The molecule has 4 amide bonds. The number of esters is 1. The van der Waals surface area contributed by atoms with Crippen LogP contribution in [0.5, 0.6) is 0 Å². The van der Waals surface area contributed by atoms with Crippen molar-refractivity contribution in [2.24, 2.45) is 11.8 Å². The van der Waals surface area contributed by atoms with Gasteiger partial charge in [-0.05, 0) is 24.0 Å². The van der Waals surface area contributed by atoms with Gasteiger partial charge in [-0.25, -0.2) is 9.59 Å². The lowest BCUT2D eigenvalue weighted by molar-refractivity contribution is -0.151. The maximum atomic E-state index is 12.1. The number of hydrogen-bond donors (Lipinski definition) is 3. The summed E-state index contributed by atoms with van der Waals surface area (Å²) in [5, 5.41) is 7.06. The van der Waals surface area contributed by atoms with Gasteiger partial charge in [0, 0.05) is 6.54 Å². The molecule has 1 atom stereocenters. The number of urea groups is 1. The molecule has 1 aromatic heterocycles. The van der Waals surface area contributed by atoms with Crippen LogP contribution >= 0.6 is 0 Å². The van der Waals surface area contributed by atoms with Crippen molar-refractivity contribution in [1.82, 2.24) is 16.0 Å². The topological polar surface area (TPSA) is 127 Å². The van der Waals surface area contributed by atoms with Gasteiger partial charge in [-0.1, -0.05) is 27.7 Å². The molecule has 1 aromatic rings. The second kappa shape index (κ2) is 10.2. The van der Waals surface area contributed by atoms with Gasteiger partial charge in [-0.15, -0.1) is 0 Å². The Morgan fingerprint density at radius 3 is 2.38 bits per heavy atom. The van der Waals surface area contributed by atoms with Crippen LogP contribution in [0.25, 0.3) is 0 Å². The molecule has 0 saturated heterocycles. The van der Waals surface area contributed by atoms with Gasteiger partial charge in [0.2, 0.25) is 0 Å². The molecule has 1 heterocycles. The number of amides is 4. The SMILES string of the molecule is CC(C)CNC(=O)NC(=O)COC(=O)[C@@H](NC(=O)c1ccco1)C(C)C. The van der Waals surface area contributed by atoms with Gasteiger partial charge in [0.25, 0.3) is 11.8 Å². The molecule has 0 aliphatic heterocycles. The molecule has 0 unspecified atom stereocenters. The van der Waals surface area contributed by atoms with Gasteiger partial charge < -0.3 is 19.8 Å². The average Bonchev–Trinajstić information content (AvgIpc) is 3.09. The Morgan fingerprint density at radius 2 is 1.85 bits per heavy atom. The predicted octanol–water partition coefficient (Wildman–Crippen LogP) is 1.06. The third kappa shape index (κ3) is 7.37. The lowest BCUT2D eigenvalue weighted by atomic mass is 10.0. The number of carbonyl (C=O) groups is 4. The van der Waals surface area contributed by atoms with E-state index in [1.807, 2.05) is 13.8 Å². The third-order valence-corrected chi connectivity index (χ3v) is 3.22. The molecule has 0 aliphatic rings. The van der Waals surface area contributed by atoms with Crippen molar-refractivity contribution in [3.63, 3.8) is 0 Å². The van der Waals surface area contributed by atoms with Gasteiger partial charge in [0.05, 0.1) is 6.26 Å². The minimum atomic E-state index is -0.963. The van der Waals surface area contributed by atoms with Crippen molar-refractivity contribution in [3.05, 3.63) is 24.2 Å². The van der Waals surface area contributed by atoms with Crippen molar-refractivity contribution >= 4 is 23.8 Å². The summed E-state index contributed by atoms with van der Waals surface area (Å²) in [5.41, 5.74) is 0. The first-order chi connectivity index (χ1) is 12.2. The van der Waals surface area contributed by atoms with Crippen molar-refractivity contribution in [3.8, 4) is 0 Å². The first-order valence-electron chi connectivity index (χ1n) is 8.29. The number of nitrogens with one attached hydrogen (secondary N) is 3. The van der Waals surface area contributed by atoms with Crippen LogP contribution in [0.3, 0.4) is 0 Å². The lowest BCUT2D eigenvalue weighted by Gasteiger charge is -2.20. The molecule has 1 rings (SSSR count). The molecule has 0 aromatic carbocycles. The smallest absolute Gasteiger partial charge is 0.329 e. The highest BCUT2D eigenvalue weighted by Gasteiger charge is 2.27. The summed E-state index contributed by atoms with van der Waals surface area (Å²) in [6.07, 6.45) is 1.34. The molecule has 144 valence electrons. The van der Waals surface area contributed by atoms with Gasteiger partial charge in [-0.3, -0.25) is 14.9 Å². The highest BCUT2D eigenvalue weighted by Crippen LogP contribution is 2.07. The zero-order chi connectivity index (χ0) is 19.7. The van der Waals surface area contributed by atoms with E-state index in [0.717, 1.165) is 0 Å². The van der Waals surface area contributed by atoms with Gasteiger partial charge in [0.15, 0.2) is 12.4 Å². The molecule has 0 bridgehead atoms. The van der Waals surface area contributed by atoms with E-state index in [0.29, 0.717) is 6.54 Å². The molecule has 9 nitrogen and oxygen atoms in total. The van der Waals surface area contributed by atoms with Crippen LogP contribution in [0, 0.1) is 11.8 Å². The summed E-state index contributed by atoms with van der Waals surface area (Å²) in [5.74, 6) is -2.10. The molecular formula is C17H25N3O6. The van der Waals surface area contributed by atoms with Crippen LogP contribution in [0.2, 0.25) is 0 Å². The highest BCUT2D eigenvalue weighted by atomic mass is 16.5. The molecule has 0 spiro atoms. The van der Waals surface area contributed by atoms with E-state index in [-0.39, 0.29) is 17.6 Å². The van der Waals surface area contributed by atoms with Crippen molar-refractivity contribution < 1.29 is 28.3 Å². The summed E-state index contributed by atoms with van der Waals surface area (Å²) >= 11 is 0. The molecule has 0 radical (unpaired) electrons. The largest absolute Gasteiger partial charge is 0.459 e. The highest BCUT2D eigenvalue weighted by molar-refractivity contribution is 5.97. The standard InChI is InChI=1S/C17H25N3O6/c1-10(2)8-18-17(24)19-13(21)9-26-16(23)14(11(3)4)20-15(22)12-6-5-7-25-12/h5-7,10-11,14H,8-9H2,1-4H3,(H,20,22)(H2,18,19,21,24)/t14-/m0/s1. The molecule has 0 saturated carbocycles. The molecule has 0 aliphatic carbocycles. The van der Waals surface area contributed by atoms with E-state index in [2.05, 4.69) is 16.0 Å². The zero-order valence-electron chi connectivity index (χ0n) is 15.3. The Bertz CT molecular complexity index is 624. The van der Waals surface area contributed by atoms with E-state index in [1.54, 1.807) is 19.9 Å². The van der Waals surface area contributed by atoms with Crippen LogP contribution in [0.1, 0.15) is 38.2 Å². The molecule has 3 N–H and O–H groups in total. The Kier molecular flexibility index (Phi) is 8.33. The Hall–Kier alpha value is -2.84. The Balaban J connectivity index is 2.48. The number of ether oxygens (including phenoxy) is 1. The van der Waals surface area contributed by atoms with E-state index >= 15 is 0 Å². The second-order valence-corrected chi connectivity index (χ2v) is 6.43. The summed E-state index contributed by atoms with van der Waals surface area (Å²) < 4.78 is 9.86. The quantitative estimate of drug-likeness (QED) is 0.590. The number of rotatable bonds is 8. The van der Waals surface area contributed by atoms with Crippen molar-refractivity contribution in [2.75, 3.05) is 13.2 Å². The monoisotopic (exact) mass is 367 g/mol. The maximum absolute atomic E-state index is 12.1. The fraction of sp³-hybridized carbons (Fsp3) is 0.529. The molecular weight excluding hydrogens is 342 g/mol. The van der Waals surface area contributed by atoms with Gasteiger partial charge in [0.1, 0.15) is 6.04 Å². The van der Waals surface area contributed by atoms with Crippen LogP contribution in [-0.4, -0.2) is 43.0 Å². The Labute approximate surface area is 151 Å². The predicted molar refractivity (Wildman–Crippen MR) is 92.1 cm³/mol. The lowest BCUT2D eigenvalue weighted by Crippen LogP contribution is -2.47. The first-order valence-corrected chi connectivity index (χ1v) is 8.29. The van der Waals surface area contributed by atoms with E-state index in [1.165, 1.54) is 12.3 Å². The van der Waals surface area contributed by atoms with Crippen LogP contribution in [0.4, 0.5) is 4.79 Å². The number of furan rings is 1. The third-order valence-electron chi connectivity index (χ3n) is 3.22. The van der Waals surface area contributed by atoms with Crippen molar-refractivity contribution in [1.29, 1.82) is 0 Å². The van der Waals surface area contributed by atoms with Gasteiger partial charge >= 0.3 is 12.0 Å². The van der Waals surface area contributed by atoms with Crippen molar-refractivity contribution in [2.45, 2.75) is 33.7 Å². The van der Waals surface area contributed by atoms with Crippen LogP contribution < -0.4 is 16.0 Å². The number of hydrogen-bond acceptors (Lipinski definition) is 6. The first kappa shape index (κ1) is 21.2. The van der Waals surface area contributed by atoms with Crippen LogP contribution in [0.15, 0.2) is 22.8 Å². The number of imide groups is 1. The van der Waals surface area contributed by atoms with E-state index < -0.39 is 36.5 Å². The van der Waals surface area contributed by atoms with E-state index in [9.17, 15) is 19.2 Å². The summed E-state index contributed by atoms with van der Waals surface area (Å²) in [6.45, 7) is 7.03. The fourth-order valence-corrected chi connectivity index (χ4v) is 1.85. The second-order valence-electron chi connectivity index (χ2n) is 6.43. The minimum Gasteiger partial charge on any atom is -0.459 e. The summed E-state index contributed by atoms with van der Waals surface area (Å²) in [6, 6.07) is 1.38. The minimum absolute atomic E-state index is 0.0583. The summed E-state index contributed by atoms with van der Waals surface area (Å²) in [7, 11) is 0. The molecule has 0 fully saturated rings. The molecule has 9 heteroatoms. The average molecular weight is 367 g/mol. The summed E-state index contributed by atoms with van der Waals surface area (Å²) in [4.78, 5) is 47.3. The normalized spacial score (nSPS) is 11.8. The number of carbonyl (C=O) groups excluding carboxylic acids is 4. The zero-order valence-corrected chi connectivity index (χ0v) is 15.3. The molecule has 26 heavy (non-hydrogen) atoms. The van der Waals surface area contributed by atoms with Gasteiger partial charge in [-0.2, -0.15) is 0 Å². The van der Waals surface area contributed by atoms with E-state index in [4.69, 9.17) is 9.15 Å². The Morgan fingerprint density at radius 1 is 1.15 bits per heavy atom. The fourth-order valence-electron chi connectivity index (χ4n) is 1.85. The maximum Gasteiger partial charge on any atom is 0.329 e. The van der Waals surface area contributed by atoms with Crippen LogP contribution in [-0.2, 0) is 14.3 Å².